The third-order valence-electron chi connectivity index (χ3n) is 3.41. The summed E-state index contributed by atoms with van der Waals surface area (Å²) in [6.07, 6.45) is 8.46. The van der Waals surface area contributed by atoms with Crippen LogP contribution in [0.15, 0.2) is 5.16 Å². The van der Waals surface area contributed by atoms with Crippen LogP contribution in [0, 0.1) is 5.41 Å². The topological polar surface area (TPSA) is 70.6 Å². The van der Waals surface area contributed by atoms with Gasteiger partial charge in [-0.05, 0) is 32.4 Å². The van der Waals surface area contributed by atoms with E-state index in [2.05, 4.69) is 17.4 Å². The van der Waals surface area contributed by atoms with Crippen LogP contribution in [-0.2, 0) is 0 Å². The maximum atomic E-state index is 8.66. The molecule has 0 aliphatic heterocycles. The lowest BCUT2D eigenvalue weighted by Crippen LogP contribution is -2.32. The van der Waals surface area contributed by atoms with Crippen LogP contribution >= 0.6 is 0 Å². The molecule has 4 N–H and O–H groups in total. The molecule has 0 atom stereocenters. The molecule has 0 radical (unpaired) electrons. The molecule has 0 aromatic rings. The maximum Gasteiger partial charge on any atom is 0.144 e. The van der Waals surface area contributed by atoms with Gasteiger partial charge >= 0.3 is 0 Å². The second-order valence-corrected chi connectivity index (χ2v) is 5.64. The van der Waals surface area contributed by atoms with Crippen molar-refractivity contribution in [3.8, 4) is 0 Å². The van der Waals surface area contributed by atoms with E-state index in [1.165, 1.54) is 25.7 Å². The van der Waals surface area contributed by atoms with Crippen molar-refractivity contribution in [2.75, 3.05) is 13.1 Å². The number of amidine groups is 1. The Kier molecular flexibility index (Phi) is 9.74. The van der Waals surface area contributed by atoms with E-state index >= 15 is 0 Å². The van der Waals surface area contributed by atoms with E-state index in [-0.39, 0.29) is 5.41 Å². The fraction of sp³-hybridized carbons (Fsp3) is 0.929. The molecule has 0 spiro atoms. The summed E-state index contributed by atoms with van der Waals surface area (Å²) in [7, 11) is 0. The zero-order valence-electron chi connectivity index (χ0n) is 12.3. The van der Waals surface area contributed by atoms with Gasteiger partial charge in [-0.2, -0.15) is 0 Å². The van der Waals surface area contributed by atoms with Gasteiger partial charge in [-0.1, -0.05) is 51.6 Å². The summed E-state index contributed by atoms with van der Waals surface area (Å²) in [6.45, 7) is 8.46. The van der Waals surface area contributed by atoms with Gasteiger partial charge in [0.05, 0.1) is 0 Å². The number of hydrogen-bond acceptors (Lipinski definition) is 3. The predicted octanol–water partition coefficient (Wildman–Crippen LogP) is 3.10. The lowest BCUT2D eigenvalue weighted by molar-refractivity contribution is 0.304. The molecule has 0 unspecified atom stereocenters. The number of rotatable bonds is 11. The first-order valence-electron chi connectivity index (χ1n) is 7.23. The van der Waals surface area contributed by atoms with Gasteiger partial charge in [0.15, 0.2) is 0 Å². The van der Waals surface area contributed by atoms with E-state index in [9.17, 15) is 0 Å². The number of unbranched alkanes of at least 4 members (excludes halogenated alkanes) is 4. The first-order valence-corrected chi connectivity index (χ1v) is 7.23. The second kappa shape index (κ2) is 10.2. The average Bonchev–Trinajstić information content (AvgIpc) is 2.35. The van der Waals surface area contributed by atoms with Gasteiger partial charge in [-0.15, -0.1) is 0 Å². The summed E-state index contributed by atoms with van der Waals surface area (Å²) in [5.74, 6) is 0.329. The Balaban J connectivity index is 3.40. The Hall–Kier alpha value is -0.770. The predicted molar refractivity (Wildman–Crippen MR) is 78.1 cm³/mol. The normalized spacial score (nSPS) is 12.9. The van der Waals surface area contributed by atoms with Crippen LogP contribution in [0.25, 0.3) is 0 Å². The third-order valence-corrected chi connectivity index (χ3v) is 3.41. The molecule has 0 aliphatic carbocycles. The van der Waals surface area contributed by atoms with E-state index in [0.717, 1.165) is 32.4 Å². The third kappa shape index (κ3) is 8.34. The van der Waals surface area contributed by atoms with Gasteiger partial charge in [0.1, 0.15) is 5.84 Å². The van der Waals surface area contributed by atoms with Crippen molar-refractivity contribution in [3.63, 3.8) is 0 Å². The minimum Gasteiger partial charge on any atom is -0.409 e. The molecule has 18 heavy (non-hydrogen) atoms. The highest BCUT2D eigenvalue weighted by Gasteiger charge is 2.22. The van der Waals surface area contributed by atoms with Crippen LogP contribution < -0.4 is 11.1 Å². The molecule has 0 amide bonds. The average molecular weight is 257 g/mol. The van der Waals surface area contributed by atoms with Gasteiger partial charge in [0, 0.05) is 5.41 Å². The van der Waals surface area contributed by atoms with Crippen LogP contribution in [0.5, 0.6) is 0 Å². The maximum absolute atomic E-state index is 8.66. The van der Waals surface area contributed by atoms with Crippen LogP contribution in [0.1, 0.15) is 65.7 Å². The molecule has 0 saturated carbocycles. The van der Waals surface area contributed by atoms with E-state index in [0.29, 0.717) is 5.84 Å². The summed E-state index contributed by atoms with van der Waals surface area (Å²) >= 11 is 0. The Labute approximate surface area is 112 Å². The van der Waals surface area contributed by atoms with Gasteiger partial charge in [-0.3, -0.25) is 0 Å². The van der Waals surface area contributed by atoms with Crippen molar-refractivity contribution in [2.24, 2.45) is 16.3 Å². The molecule has 0 heterocycles. The van der Waals surface area contributed by atoms with E-state index in [1.807, 2.05) is 13.8 Å². The zero-order valence-corrected chi connectivity index (χ0v) is 12.3. The highest BCUT2D eigenvalue weighted by Crippen LogP contribution is 2.22. The van der Waals surface area contributed by atoms with E-state index in [1.54, 1.807) is 0 Å². The summed E-state index contributed by atoms with van der Waals surface area (Å²) in [5, 5.41) is 15.2. The minimum absolute atomic E-state index is 0.199. The minimum atomic E-state index is -0.199. The fourth-order valence-electron chi connectivity index (χ4n) is 1.88. The first kappa shape index (κ1) is 17.2. The van der Waals surface area contributed by atoms with Crippen LogP contribution in [0.2, 0.25) is 0 Å². The number of nitrogens with one attached hydrogen (secondary N) is 1. The number of nitrogens with zero attached hydrogens (tertiary/aromatic N) is 1. The summed E-state index contributed by atoms with van der Waals surface area (Å²) in [6, 6.07) is 0. The molecule has 0 aromatic heterocycles. The molecular formula is C14H31N3O. The molecule has 4 nitrogen and oxygen atoms in total. The van der Waals surface area contributed by atoms with Gasteiger partial charge in [-0.25, -0.2) is 0 Å². The van der Waals surface area contributed by atoms with Crippen molar-refractivity contribution in [3.05, 3.63) is 0 Å². The Morgan fingerprint density at radius 2 is 1.72 bits per heavy atom. The molecule has 0 aliphatic rings. The second-order valence-electron chi connectivity index (χ2n) is 5.64. The molecule has 0 saturated heterocycles. The number of nitrogens with two attached hydrogens (primary N) is 1. The van der Waals surface area contributed by atoms with E-state index in [4.69, 9.17) is 10.9 Å². The summed E-state index contributed by atoms with van der Waals surface area (Å²) < 4.78 is 0. The largest absolute Gasteiger partial charge is 0.409 e. The first-order chi connectivity index (χ1) is 8.54. The van der Waals surface area contributed by atoms with Crippen LogP contribution in [0.3, 0.4) is 0 Å². The summed E-state index contributed by atoms with van der Waals surface area (Å²) in [4.78, 5) is 0. The highest BCUT2D eigenvalue weighted by atomic mass is 16.4. The Bertz CT molecular complexity index is 227. The molecule has 0 bridgehead atoms. The van der Waals surface area contributed by atoms with Crippen LogP contribution in [-0.4, -0.2) is 24.1 Å². The highest BCUT2D eigenvalue weighted by molar-refractivity contribution is 5.85. The quantitative estimate of drug-likeness (QED) is 0.175. The van der Waals surface area contributed by atoms with Crippen LogP contribution in [0.4, 0.5) is 0 Å². The molecule has 4 heteroatoms. The molecule has 0 rings (SSSR count). The zero-order chi connectivity index (χ0) is 13.9. The number of hydrogen-bond donors (Lipinski definition) is 3. The van der Waals surface area contributed by atoms with Crippen molar-refractivity contribution >= 4 is 5.84 Å². The molecular weight excluding hydrogens is 226 g/mol. The Morgan fingerprint density at radius 3 is 2.28 bits per heavy atom. The standard InChI is InChI=1S/C14H31N3O/c1-4-5-6-8-11-16-12-9-7-10-14(2,3)13(15)17-18/h16,18H,4-12H2,1-3H3,(H2,15,17). The lowest BCUT2D eigenvalue weighted by Gasteiger charge is -2.22. The van der Waals surface area contributed by atoms with Crippen molar-refractivity contribution < 1.29 is 5.21 Å². The van der Waals surface area contributed by atoms with Gasteiger partial charge < -0.3 is 16.3 Å². The number of oxime groups is 1. The molecule has 108 valence electrons. The smallest absolute Gasteiger partial charge is 0.144 e. The summed E-state index contributed by atoms with van der Waals surface area (Å²) in [5.41, 5.74) is 5.45. The molecule has 0 aromatic carbocycles. The fourth-order valence-corrected chi connectivity index (χ4v) is 1.88. The monoisotopic (exact) mass is 257 g/mol. The Morgan fingerprint density at radius 1 is 1.11 bits per heavy atom. The molecule has 0 fully saturated rings. The van der Waals surface area contributed by atoms with Gasteiger partial charge in [0.2, 0.25) is 0 Å². The lowest BCUT2D eigenvalue weighted by atomic mass is 9.86. The van der Waals surface area contributed by atoms with Crippen molar-refractivity contribution in [1.82, 2.24) is 5.32 Å². The van der Waals surface area contributed by atoms with Crippen molar-refractivity contribution in [2.45, 2.75) is 65.7 Å². The SMILES string of the molecule is CCCCCCNCCCCC(C)(C)C(N)=NO. The van der Waals surface area contributed by atoms with Gasteiger partial charge in [0.25, 0.3) is 0 Å². The van der Waals surface area contributed by atoms with Crippen molar-refractivity contribution in [1.29, 1.82) is 0 Å². The van der Waals surface area contributed by atoms with E-state index < -0.39 is 0 Å².